The monoisotopic (exact) mass is 232 g/mol. The highest BCUT2D eigenvalue weighted by Gasteiger charge is 2.25. The lowest BCUT2D eigenvalue weighted by Crippen LogP contribution is -2.27. The summed E-state index contributed by atoms with van der Waals surface area (Å²) in [6.07, 6.45) is 3.69. The van der Waals surface area contributed by atoms with E-state index in [-0.39, 0.29) is 5.41 Å². The van der Waals surface area contributed by atoms with E-state index in [2.05, 4.69) is 43.0 Å². The normalized spacial score (nSPS) is 16.5. The Morgan fingerprint density at radius 3 is 2.47 bits per heavy atom. The zero-order valence-corrected chi connectivity index (χ0v) is 11.1. The van der Waals surface area contributed by atoms with Crippen molar-refractivity contribution < 1.29 is 0 Å². The summed E-state index contributed by atoms with van der Waals surface area (Å²) in [5.74, 6) is 0. The number of hydrogen-bond acceptors (Lipinski definition) is 2. The first-order valence-electron chi connectivity index (χ1n) is 6.70. The van der Waals surface area contributed by atoms with Crippen LogP contribution in [0.4, 0.5) is 5.69 Å². The Labute approximate surface area is 105 Å². The van der Waals surface area contributed by atoms with Gasteiger partial charge >= 0.3 is 0 Å². The molecule has 0 aliphatic carbocycles. The summed E-state index contributed by atoms with van der Waals surface area (Å²) in [5.41, 5.74) is 8.79. The lowest BCUT2D eigenvalue weighted by Gasteiger charge is -2.31. The Bertz CT molecular complexity index is 365. The third-order valence-electron chi connectivity index (χ3n) is 3.85. The van der Waals surface area contributed by atoms with Crippen molar-refractivity contribution in [1.82, 2.24) is 0 Å². The molecule has 0 bridgehead atoms. The molecule has 0 radical (unpaired) electrons. The van der Waals surface area contributed by atoms with Crippen LogP contribution in [0.25, 0.3) is 0 Å². The van der Waals surface area contributed by atoms with E-state index in [1.54, 1.807) is 0 Å². The number of rotatable bonds is 4. The van der Waals surface area contributed by atoms with Crippen LogP contribution < -0.4 is 10.6 Å². The van der Waals surface area contributed by atoms with Crippen LogP contribution in [0.15, 0.2) is 24.3 Å². The molecule has 1 aromatic carbocycles. The minimum absolute atomic E-state index is 0.175. The van der Waals surface area contributed by atoms with E-state index >= 15 is 0 Å². The predicted molar refractivity (Wildman–Crippen MR) is 74.6 cm³/mol. The summed E-state index contributed by atoms with van der Waals surface area (Å²) < 4.78 is 0. The smallest absolute Gasteiger partial charge is 0.0404 e. The summed E-state index contributed by atoms with van der Waals surface area (Å²) in [7, 11) is 0. The average molecular weight is 232 g/mol. The van der Waals surface area contributed by atoms with Crippen LogP contribution in [0.3, 0.4) is 0 Å². The van der Waals surface area contributed by atoms with Crippen molar-refractivity contribution in [3.8, 4) is 0 Å². The fourth-order valence-corrected chi connectivity index (χ4v) is 2.78. The van der Waals surface area contributed by atoms with Crippen LogP contribution in [-0.4, -0.2) is 19.6 Å². The second kappa shape index (κ2) is 5.09. The highest BCUT2D eigenvalue weighted by molar-refractivity contribution is 5.57. The van der Waals surface area contributed by atoms with Crippen molar-refractivity contribution in [3.63, 3.8) is 0 Å². The highest BCUT2D eigenvalue weighted by Crippen LogP contribution is 2.35. The minimum atomic E-state index is 0.175. The van der Waals surface area contributed by atoms with E-state index in [0.29, 0.717) is 0 Å². The van der Waals surface area contributed by atoms with Gasteiger partial charge in [-0.25, -0.2) is 0 Å². The first kappa shape index (κ1) is 12.4. The molecule has 1 fully saturated rings. The molecule has 1 aliphatic heterocycles. The summed E-state index contributed by atoms with van der Waals surface area (Å²) in [6, 6.07) is 8.82. The van der Waals surface area contributed by atoms with E-state index < -0.39 is 0 Å². The number of nitrogens with two attached hydrogens (primary N) is 1. The van der Waals surface area contributed by atoms with E-state index in [9.17, 15) is 0 Å². The average Bonchev–Trinajstić information content (AvgIpc) is 2.82. The molecular formula is C15H24N2. The van der Waals surface area contributed by atoms with Gasteiger partial charge in [0.15, 0.2) is 0 Å². The van der Waals surface area contributed by atoms with Crippen LogP contribution in [0, 0.1) is 0 Å². The van der Waals surface area contributed by atoms with Crippen LogP contribution >= 0.6 is 0 Å². The number of hydrogen-bond donors (Lipinski definition) is 1. The van der Waals surface area contributed by atoms with Crippen molar-refractivity contribution in [2.24, 2.45) is 5.73 Å². The molecule has 0 atom stereocenters. The fraction of sp³-hybridized carbons (Fsp3) is 0.600. The van der Waals surface area contributed by atoms with Gasteiger partial charge in [-0.1, -0.05) is 32.0 Å². The molecule has 1 heterocycles. The molecule has 2 nitrogen and oxygen atoms in total. The molecule has 2 rings (SSSR count). The Morgan fingerprint density at radius 1 is 1.18 bits per heavy atom. The van der Waals surface area contributed by atoms with Gasteiger partial charge in [-0.15, -0.1) is 0 Å². The molecule has 1 aromatic rings. The molecule has 0 aromatic heterocycles. The van der Waals surface area contributed by atoms with Crippen molar-refractivity contribution in [1.29, 1.82) is 0 Å². The number of benzene rings is 1. The predicted octanol–water partition coefficient (Wildman–Crippen LogP) is 2.91. The molecule has 0 saturated carbocycles. The molecule has 2 heteroatoms. The maximum atomic E-state index is 5.74. The third kappa shape index (κ3) is 2.63. The van der Waals surface area contributed by atoms with Gasteiger partial charge < -0.3 is 10.6 Å². The molecule has 2 N–H and O–H groups in total. The first-order valence-corrected chi connectivity index (χ1v) is 6.70. The SMILES string of the molecule is CC(C)(CCN)c1ccccc1N1CCCC1. The fourth-order valence-electron chi connectivity index (χ4n) is 2.78. The van der Waals surface area contributed by atoms with Gasteiger partial charge in [0, 0.05) is 18.8 Å². The standard InChI is InChI=1S/C15H24N2/c1-15(2,9-10-16)13-7-3-4-8-14(13)17-11-5-6-12-17/h3-4,7-8H,5-6,9-12,16H2,1-2H3. The zero-order valence-electron chi connectivity index (χ0n) is 11.1. The molecule has 17 heavy (non-hydrogen) atoms. The quantitative estimate of drug-likeness (QED) is 0.865. The van der Waals surface area contributed by atoms with Crippen LogP contribution in [-0.2, 0) is 5.41 Å². The number of para-hydroxylation sites is 1. The van der Waals surface area contributed by atoms with Crippen molar-refractivity contribution >= 4 is 5.69 Å². The Balaban J connectivity index is 2.32. The molecular weight excluding hydrogens is 208 g/mol. The van der Waals surface area contributed by atoms with Crippen molar-refractivity contribution in [2.75, 3.05) is 24.5 Å². The molecule has 0 unspecified atom stereocenters. The zero-order chi connectivity index (χ0) is 12.3. The van der Waals surface area contributed by atoms with Gasteiger partial charge in [0.05, 0.1) is 0 Å². The summed E-state index contributed by atoms with van der Waals surface area (Å²) in [5, 5.41) is 0. The largest absolute Gasteiger partial charge is 0.371 e. The Kier molecular flexibility index (Phi) is 3.72. The molecule has 1 aliphatic rings. The van der Waals surface area contributed by atoms with Gasteiger partial charge in [0.2, 0.25) is 0 Å². The molecule has 1 saturated heterocycles. The second-order valence-electron chi connectivity index (χ2n) is 5.63. The molecule has 94 valence electrons. The van der Waals surface area contributed by atoms with Gasteiger partial charge in [0.1, 0.15) is 0 Å². The second-order valence-corrected chi connectivity index (χ2v) is 5.63. The van der Waals surface area contributed by atoms with Gasteiger partial charge in [-0.2, -0.15) is 0 Å². The maximum absolute atomic E-state index is 5.74. The summed E-state index contributed by atoms with van der Waals surface area (Å²) in [4.78, 5) is 2.52. The van der Waals surface area contributed by atoms with Crippen LogP contribution in [0.5, 0.6) is 0 Å². The van der Waals surface area contributed by atoms with Gasteiger partial charge in [-0.3, -0.25) is 0 Å². The van der Waals surface area contributed by atoms with Crippen LogP contribution in [0.1, 0.15) is 38.7 Å². The van der Waals surface area contributed by atoms with E-state index in [4.69, 9.17) is 5.73 Å². The van der Waals surface area contributed by atoms with Gasteiger partial charge in [0.25, 0.3) is 0 Å². The molecule has 0 amide bonds. The lowest BCUT2D eigenvalue weighted by atomic mass is 9.80. The summed E-state index contributed by atoms with van der Waals surface area (Å²) >= 11 is 0. The van der Waals surface area contributed by atoms with Crippen molar-refractivity contribution in [3.05, 3.63) is 29.8 Å². The lowest BCUT2D eigenvalue weighted by molar-refractivity contribution is 0.487. The highest BCUT2D eigenvalue weighted by atomic mass is 15.1. The van der Waals surface area contributed by atoms with Crippen LogP contribution in [0.2, 0.25) is 0 Å². The van der Waals surface area contributed by atoms with Gasteiger partial charge in [-0.05, 0) is 42.9 Å². The number of anilines is 1. The molecule has 0 spiro atoms. The van der Waals surface area contributed by atoms with Crippen molar-refractivity contribution in [2.45, 2.75) is 38.5 Å². The maximum Gasteiger partial charge on any atom is 0.0404 e. The summed E-state index contributed by atoms with van der Waals surface area (Å²) in [6.45, 7) is 7.76. The van der Waals surface area contributed by atoms with E-state index in [0.717, 1.165) is 13.0 Å². The third-order valence-corrected chi connectivity index (χ3v) is 3.85. The first-order chi connectivity index (χ1) is 8.15. The number of nitrogens with zero attached hydrogens (tertiary/aromatic N) is 1. The van der Waals surface area contributed by atoms with E-state index in [1.165, 1.54) is 37.2 Å². The topological polar surface area (TPSA) is 29.3 Å². The Morgan fingerprint density at radius 2 is 1.82 bits per heavy atom. The Hall–Kier alpha value is -1.02. The minimum Gasteiger partial charge on any atom is -0.371 e. The van der Waals surface area contributed by atoms with E-state index in [1.807, 2.05) is 0 Å².